The molecule has 0 aromatic rings. The van der Waals surface area contributed by atoms with E-state index < -0.39 is 0 Å². The Balaban J connectivity index is 3.27. The average molecular weight is 210 g/mol. The molecule has 2 atom stereocenters. The van der Waals surface area contributed by atoms with Gasteiger partial charge in [0, 0.05) is 0 Å². The van der Waals surface area contributed by atoms with Gasteiger partial charge in [0.25, 0.3) is 0 Å². The maximum atomic E-state index is 3.86. The van der Waals surface area contributed by atoms with Crippen LogP contribution >= 0.6 is 0 Å². The smallest absolute Gasteiger partial charge is 0.0239 e. The molecule has 0 saturated carbocycles. The Bertz CT molecular complexity index is 146. The Kier molecular flexibility index (Phi) is 8.85. The van der Waals surface area contributed by atoms with Crippen molar-refractivity contribution in [3.05, 3.63) is 12.7 Å². The van der Waals surface area contributed by atoms with Crippen molar-refractivity contribution in [3.63, 3.8) is 0 Å². The minimum absolute atomic E-state index is 0.681. The number of hydrogen-bond acceptors (Lipinski definition) is 0. The van der Waals surface area contributed by atoms with Crippen LogP contribution in [-0.4, -0.2) is 0 Å². The summed E-state index contributed by atoms with van der Waals surface area (Å²) in [5.74, 6) is 2.37. The van der Waals surface area contributed by atoms with E-state index in [-0.39, 0.29) is 0 Å². The second-order valence-corrected chi connectivity index (χ2v) is 5.46. The molecule has 0 N–H and O–H groups in total. The van der Waals surface area contributed by atoms with Gasteiger partial charge in [0.05, 0.1) is 0 Å². The van der Waals surface area contributed by atoms with Crippen LogP contribution in [0.15, 0.2) is 12.7 Å². The summed E-state index contributed by atoms with van der Waals surface area (Å²) in [6.45, 7) is 13.1. The van der Waals surface area contributed by atoms with Gasteiger partial charge in [-0.1, -0.05) is 72.3 Å². The minimum atomic E-state index is 0.681. The van der Waals surface area contributed by atoms with Crippen LogP contribution in [0.5, 0.6) is 0 Å². The van der Waals surface area contributed by atoms with E-state index in [4.69, 9.17) is 0 Å². The maximum absolute atomic E-state index is 3.86. The van der Waals surface area contributed by atoms with E-state index in [1.165, 1.54) is 38.5 Å². The molecule has 0 bridgehead atoms. The summed E-state index contributed by atoms with van der Waals surface area (Å²) < 4.78 is 0. The van der Waals surface area contributed by atoms with Crippen LogP contribution in [0.1, 0.15) is 66.2 Å². The van der Waals surface area contributed by atoms with Gasteiger partial charge in [0.15, 0.2) is 0 Å². The third-order valence-corrected chi connectivity index (χ3v) is 3.46. The Morgan fingerprint density at radius 2 is 1.40 bits per heavy atom. The average Bonchev–Trinajstić information content (AvgIpc) is 2.21. The minimum Gasteiger partial charge on any atom is -0.103 e. The highest BCUT2D eigenvalue weighted by Crippen LogP contribution is 2.19. The summed E-state index contributed by atoms with van der Waals surface area (Å²) in [5, 5.41) is 0. The molecule has 0 heterocycles. The van der Waals surface area contributed by atoms with Crippen molar-refractivity contribution in [1.29, 1.82) is 0 Å². The van der Waals surface area contributed by atoms with E-state index in [0.717, 1.165) is 11.8 Å². The van der Waals surface area contributed by atoms with Crippen molar-refractivity contribution in [1.82, 2.24) is 0 Å². The van der Waals surface area contributed by atoms with E-state index in [1.807, 2.05) is 0 Å². The van der Waals surface area contributed by atoms with Gasteiger partial charge < -0.3 is 0 Å². The van der Waals surface area contributed by atoms with Gasteiger partial charge in [-0.2, -0.15) is 0 Å². The first-order chi connectivity index (χ1) is 7.07. The van der Waals surface area contributed by atoms with Crippen LogP contribution in [-0.2, 0) is 0 Å². The third-order valence-electron chi connectivity index (χ3n) is 3.46. The van der Waals surface area contributed by atoms with Gasteiger partial charge in [-0.05, 0) is 17.8 Å². The Labute approximate surface area is 97.2 Å². The first-order valence-electron chi connectivity index (χ1n) is 6.70. The molecule has 0 spiro atoms. The van der Waals surface area contributed by atoms with Gasteiger partial charge in [-0.15, -0.1) is 6.58 Å². The predicted octanol–water partition coefficient (Wildman–Crippen LogP) is 5.44. The standard InChI is InChI=1S/C15H30/c1-6-14(4)15(5)12-10-8-7-9-11-13(2)3/h6,13-15H,1,7-12H2,2-5H3. The Hall–Kier alpha value is -0.260. The molecule has 0 aromatic heterocycles. The largest absolute Gasteiger partial charge is 0.103 e. The lowest BCUT2D eigenvalue weighted by Gasteiger charge is -2.15. The SMILES string of the molecule is C=CC(C)C(C)CCCCCCC(C)C. The summed E-state index contributed by atoms with van der Waals surface area (Å²) >= 11 is 0. The van der Waals surface area contributed by atoms with E-state index in [1.54, 1.807) is 0 Å². The van der Waals surface area contributed by atoms with Crippen LogP contribution in [0.2, 0.25) is 0 Å². The highest BCUT2D eigenvalue weighted by Gasteiger charge is 2.07. The molecular formula is C15H30. The fourth-order valence-electron chi connectivity index (χ4n) is 1.87. The lowest BCUT2D eigenvalue weighted by molar-refractivity contribution is 0.402. The first-order valence-corrected chi connectivity index (χ1v) is 6.70. The number of unbranched alkanes of at least 4 members (excludes halogenated alkanes) is 3. The fraction of sp³-hybridized carbons (Fsp3) is 0.867. The topological polar surface area (TPSA) is 0 Å². The van der Waals surface area contributed by atoms with Gasteiger partial charge in [-0.3, -0.25) is 0 Å². The molecule has 90 valence electrons. The van der Waals surface area contributed by atoms with Crippen molar-refractivity contribution in [2.75, 3.05) is 0 Å². The van der Waals surface area contributed by atoms with Crippen LogP contribution in [0.3, 0.4) is 0 Å². The first kappa shape index (κ1) is 14.7. The summed E-state index contributed by atoms with van der Waals surface area (Å²) in [4.78, 5) is 0. The van der Waals surface area contributed by atoms with Gasteiger partial charge in [0.1, 0.15) is 0 Å². The number of hydrogen-bond donors (Lipinski definition) is 0. The zero-order chi connectivity index (χ0) is 11.7. The molecule has 0 aliphatic rings. The number of rotatable bonds is 9. The lowest BCUT2D eigenvalue weighted by atomic mass is 9.90. The molecule has 0 fully saturated rings. The number of allylic oxidation sites excluding steroid dienone is 1. The van der Waals surface area contributed by atoms with Crippen LogP contribution in [0, 0.1) is 17.8 Å². The van der Waals surface area contributed by atoms with E-state index in [2.05, 4.69) is 40.3 Å². The predicted molar refractivity (Wildman–Crippen MR) is 71.1 cm³/mol. The van der Waals surface area contributed by atoms with E-state index in [0.29, 0.717) is 5.92 Å². The molecular weight excluding hydrogens is 180 g/mol. The molecule has 0 heteroatoms. The van der Waals surface area contributed by atoms with Crippen molar-refractivity contribution in [2.45, 2.75) is 66.2 Å². The monoisotopic (exact) mass is 210 g/mol. The lowest BCUT2D eigenvalue weighted by Crippen LogP contribution is -2.04. The third kappa shape index (κ3) is 8.72. The van der Waals surface area contributed by atoms with Gasteiger partial charge >= 0.3 is 0 Å². The molecule has 0 amide bonds. The summed E-state index contributed by atoms with van der Waals surface area (Å²) in [7, 11) is 0. The van der Waals surface area contributed by atoms with Crippen molar-refractivity contribution >= 4 is 0 Å². The van der Waals surface area contributed by atoms with Crippen molar-refractivity contribution in [2.24, 2.45) is 17.8 Å². The molecule has 0 aromatic carbocycles. The zero-order valence-electron chi connectivity index (χ0n) is 11.3. The molecule has 2 unspecified atom stereocenters. The maximum Gasteiger partial charge on any atom is -0.0239 e. The highest BCUT2D eigenvalue weighted by atomic mass is 14.1. The van der Waals surface area contributed by atoms with Crippen LogP contribution in [0.4, 0.5) is 0 Å². The highest BCUT2D eigenvalue weighted by molar-refractivity contribution is 4.78. The van der Waals surface area contributed by atoms with Gasteiger partial charge in [-0.25, -0.2) is 0 Å². The summed E-state index contributed by atoms with van der Waals surface area (Å²) in [6.07, 6.45) is 10.5. The molecule has 15 heavy (non-hydrogen) atoms. The Morgan fingerprint density at radius 1 is 0.867 bits per heavy atom. The van der Waals surface area contributed by atoms with Crippen molar-refractivity contribution in [3.8, 4) is 0 Å². The van der Waals surface area contributed by atoms with Crippen LogP contribution in [0.25, 0.3) is 0 Å². The van der Waals surface area contributed by atoms with E-state index in [9.17, 15) is 0 Å². The molecule has 0 nitrogen and oxygen atoms in total. The molecule has 0 saturated heterocycles. The van der Waals surface area contributed by atoms with E-state index >= 15 is 0 Å². The normalized spacial score (nSPS) is 15.3. The zero-order valence-corrected chi connectivity index (χ0v) is 11.3. The van der Waals surface area contributed by atoms with Crippen LogP contribution < -0.4 is 0 Å². The molecule has 0 rings (SSSR count). The second kappa shape index (κ2) is 9.00. The fourth-order valence-corrected chi connectivity index (χ4v) is 1.87. The molecule has 0 aliphatic carbocycles. The summed E-state index contributed by atoms with van der Waals surface area (Å²) in [6, 6.07) is 0. The summed E-state index contributed by atoms with van der Waals surface area (Å²) in [5.41, 5.74) is 0. The van der Waals surface area contributed by atoms with Crippen molar-refractivity contribution < 1.29 is 0 Å². The molecule has 0 aliphatic heterocycles. The molecule has 0 radical (unpaired) electrons. The van der Waals surface area contributed by atoms with Gasteiger partial charge in [0.2, 0.25) is 0 Å². The Morgan fingerprint density at radius 3 is 1.87 bits per heavy atom. The quantitative estimate of drug-likeness (QED) is 0.351. The second-order valence-electron chi connectivity index (χ2n) is 5.46.